The number of aryl methyl sites for hydroxylation is 1. The summed E-state index contributed by atoms with van der Waals surface area (Å²) in [6.07, 6.45) is 8.58. The largest absolute Gasteiger partial charge is 0.507 e. The molecule has 0 aliphatic heterocycles. The molecule has 0 aliphatic rings. The molecule has 0 saturated heterocycles. The molecule has 80 valence electrons. The maximum Gasteiger partial charge on any atom is 0.122 e. The Bertz CT molecular complexity index is 507. The molecule has 0 radical (unpaired) electrons. The highest BCUT2D eigenvalue weighted by molar-refractivity contribution is 5.71. The van der Waals surface area contributed by atoms with Gasteiger partial charge in [0.1, 0.15) is 5.75 Å². The monoisotopic (exact) mass is 212 g/mol. The van der Waals surface area contributed by atoms with E-state index in [1.807, 2.05) is 31.2 Å². The maximum absolute atomic E-state index is 9.63. The highest BCUT2D eigenvalue weighted by atomic mass is 16.3. The Morgan fingerprint density at radius 1 is 1.19 bits per heavy atom. The van der Waals surface area contributed by atoms with Gasteiger partial charge < -0.3 is 5.11 Å². The molecule has 1 aromatic carbocycles. The van der Waals surface area contributed by atoms with E-state index in [-0.39, 0.29) is 5.75 Å². The molecule has 1 N–H and O–H groups in total. The molecule has 0 amide bonds. The lowest BCUT2D eigenvalue weighted by Crippen LogP contribution is -1.81. The first kappa shape index (κ1) is 10.4. The second-order valence-electron chi connectivity index (χ2n) is 3.53. The van der Waals surface area contributed by atoms with Crippen LogP contribution in [-0.2, 0) is 0 Å². The van der Waals surface area contributed by atoms with E-state index in [1.165, 1.54) is 0 Å². The fourth-order valence-corrected chi connectivity index (χ4v) is 1.38. The highest BCUT2D eigenvalue weighted by Gasteiger charge is 1.96. The van der Waals surface area contributed by atoms with Gasteiger partial charge >= 0.3 is 0 Å². The number of hydrogen-bond donors (Lipinski definition) is 1. The summed E-state index contributed by atoms with van der Waals surface area (Å²) >= 11 is 0. The van der Waals surface area contributed by atoms with Gasteiger partial charge in [-0.3, -0.25) is 9.97 Å². The molecule has 0 bridgehead atoms. The lowest BCUT2D eigenvalue weighted by Gasteiger charge is -2.00. The first-order chi connectivity index (χ1) is 7.75. The molecule has 2 aromatic rings. The minimum absolute atomic E-state index is 0.269. The Morgan fingerprint density at radius 3 is 2.81 bits per heavy atom. The van der Waals surface area contributed by atoms with Crippen LogP contribution in [-0.4, -0.2) is 15.1 Å². The van der Waals surface area contributed by atoms with E-state index < -0.39 is 0 Å². The van der Waals surface area contributed by atoms with E-state index in [4.69, 9.17) is 0 Å². The molecule has 0 aliphatic carbocycles. The number of rotatable bonds is 2. The molecule has 1 heterocycles. The Kier molecular flexibility index (Phi) is 2.96. The van der Waals surface area contributed by atoms with Crippen molar-refractivity contribution in [1.29, 1.82) is 0 Å². The van der Waals surface area contributed by atoms with Crippen molar-refractivity contribution in [1.82, 2.24) is 9.97 Å². The molecule has 0 saturated carbocycles. The lowest BCUT2D eigenvalue weighted by molar-refractivity contribution is 0.474. The summed E-state index contributed by atoms with van der Waals surface area (Å²) in [5, 5.41) is 9.63. The Labute approximate surface area is 94.1 Å². The molecule has 0 fully saturated rings. The van der Waals surface area contributed by atoms with Crippen molar-refractivity contribution in [3.05, 3.63) is 53.6 Å². The van der Waals surface area contributed by atoms with Gasteiger partial charge in [0.15, 0.2) is 0 Å². The van der Waals surface area contributed by atoms with Gasteiger partial charge in [0.05, 0.1) is 11.9 Å². The van der Waals surface area contributed by atoms with Crippen LogP contribution in [0.25, 0.3) is 12.2 Å². The van der Waals surface area contributed by atoms with Crippen molar-refractivity contribution >= 4 is 12.2 Å². The summed E-state index contributed by atoms with van der Waals surface area (Å²) in [5.74, 6) is 0.269. The van der Waals surface area contributed by atoms with Gasteiger partial charge in [-0.1, -0.05) is 11.6 Å². The summed E-state index contributed by atoms with van der Waals surface area (Å²) in [5.41, 5.74) is 2.66. The van der Waals surface area contributed by atoms with Crippen molar-refractivity contribution in [3.8, 4) is 5.75 Å². The number of phenols is 1. The zero-order chi connectivity index (χ0) is 11.4. The van der Waals surface area contributed by atoms with Crippen LogP contribution in [0.4, 0.5) is 0 Å². The van der Waals surface area contributed by atoms with Crippen LogP contribution in [0.15, 0.2) is 36.8 Å². The van der Waals surface area contributed by atoms with Gasteiger partial charge in [0.2, 0.25) is 0 Å². The van der Waals surface area contributed by atoms with E-state index >= 15 is 0 Å². The average molecular weight is 212 g/mol. The van der Waals surface area contributed by atoms with E-state index in [1.54, 1.807) is 24.7 Å². The number of benzene rings is 1. The Morgan fingerprint density at radius 2 is 2.06 bits per heavy atom. The number of phenolic OH excluding ortho intramolecular Hbond substituents is 1. The molecule has 1 aromatic heterocycles. The third-order valence-electron chi connectivity index (χ3n) is 2.20. The second kappa shape index (κ2) is 4.57. The van der Waals surface area contributed by atoms with Gasteiger partial charge in [-0.2, -0.15) is 0 Å². The molecular formula is C13H12N2O. The third kappa shape index (κ3) is 2.45. The highest BCUT2D eigenvalue weighted by Crippen LogP contribution is 2.20. The Hall–Kier alpha value is -2.16. The SMILES string of the molecule is Cc1ccc(O)c(C=Cc2cnccn2)c1. The molecule has 0 spiro atoms. The van der Waals surface area contributed by atoms with Gasteiger partial charge in [0, 0.05) is 18.0 Å². The predicted molar refractivity (Wildman–Crippen MR) is 63.8 cm³/mol. The summed E-state index contributed by atoms with van der Waals surface area (Å²) < 4.78 is 0. The van der Waals surface area contributed by atoms with Crippen molar-refractivity contribution in [2.75, 3.05) is 0 Å². The zero-order valence-corrected chi connectivity index (χ0v) is 8.96. The minimum Gasteiger partial charge on any atom is -0.507 e. The minimum atomic E-state index is 0.269. The molecule has 0 unspecified atom stereocenters. The number of hydrogen-bond acceptors (Lipinski definition) is 3. The van der Waals surface area contributed by atoms with E-state index in [0.29, 0.717) is 0 Å². The third-order valence-corrected chi connectivity index (χ3v) is 2.20. The quantitative estimate of drug-likeness (QED) is 0.832. The molecule has 3 nitrogen and oxygen atoms in total. The Balaban J connectivity index is 2.27. The van der Waals surface area contributed by atoms with Crippen LogP contribution >= 0.6 is 0 Å². The summed E-state index contributed by atoms with van der Waals surface area (Å²) in [4.78, 5) is 8.08. The van der Waals surface area contributed by atoms with Crippen molar-refractivity contribution < 1.29 is 5.11 Å². The van der Waals surface area contributed by atoms with E-state index in [0.717, 1.165) is 16.8 Å². The summed E-state index contributed by atoms with van der Waals surface area (Å²) in [7, 11) is 0. The average Bonchev–Trinajstić information content (AvgIpc) is 2.32. The smallest absolute Gasteiger partial charge is 0.122 e. The van der Waals surface area contributed by atoms with Gasteiger partial charge in [-0.05, 0) is 31.2 Å². The van der Waals surface area contributed by atoms with Crippen LogP contribution in [0.3, 0.4) is 0 Å². The van der Waals surface area contributed by atoms with Crippen molar-refractivity contribution in [2.24, 2.45) is 0 Å². The normalized spacial score (nSPS) is 10.8. The lowest BCUT2D eigenvalue weighted by atomic mass is 10.1. The molecule has 2 rings (SSSR count). The molecule has 3 heteroatoms. The van der Waals surface area contributed by atoms with Crippen LogP contribution in [0.1, 0.15) is 16.8 Å². The summed E-state index contributed by atoms with van der Waals surface area (Å²) in [6, 6.07) is 5.48. The van der Waals surface area contributed by atoms with Crippen LogP contribution in [0.5, 0.6) is 5.75 Å². The maximum atomic E-state index is 9.63. The fourth-order valence-electron chi connectivity index (χ4n) is 1.38. The van der Waals surface area contributed by atoms with Crippen molar-refractivity contribution in [3.63, 3.8) is 0 Å². The standard InChI is InChI=1S/C13H12N2O/c1-10-2-5-13(16)11(8-10)3-4-12-9-14-6-7-15-12/h2-9,16H,1H3. The van der Waals surface area contributed by atoms with E-state index in [2.05, 4.69) is 9.97 Å². The van der Waals surface area contributed by atoms with Gasteiger partial charge in [0.25, 0.3) is 0 Å². The molecular weight excluding hydrogens is 200 g/mol. The fraction of sp³-hybridized carbons (Fsp3) is 0.0769. The van der Waals surface area contributed by atoms with Crippen LogP contribution in [0, 0.1) is 6.92 Å². The zero-order valence-electron chi connectivity index (χ0n) is 8.96. The second-order valence-corrected chi connectivity index (χ2v) is 3.53. The number of nitrogens with zero attached hydrogens (tertiary/aromatic N) is 2. The first-order valence-electron chi connectivity index (χ1n) is 4.99. The molecule has 16 heavy (non-hydrogen) atoms. The number of aromatic hydroxyl groups is 1. The number of aromatic nitrogens is 2. The molecule has 0 atom stereocenters. The van der Waals surface area contributed by atoms with Crippen molar-refractivity contribution in [2.45, 2.75) is 6.92 Å². The first-order valence-corrected chi connectivity index (χ1v) is 4.99. The topological polar surface area (TPSA) is 46.0 Å². The van der Waals surface area contributed by atoms with E-state index in [9.17, 15) is 5.11 Å². The summed E-state index contributed by atoms with van der Waals surface area (Å²) in [6.45, 7) is 1.99. The van der Waals surface area contributed by atoms with Gasteiger partial charge in [-0.15, -0.1) is 0 Å². The van der Waals surface area contributed by atoms with Crippen LogP contribution < -0.4 is 0 Å². The van der Waals surface area contributed by atoms with Gasteiger partial charge in [-0.25, -0.2) is 0 Å². The van der Waals surface area contributed by atoms with Crippen LogP contribution in [0.2, 0.25) is 0 Å². The predicted octanol–water partition coefficient (Wildman–Crippen LogP) is 2.66.